The van der Waals surface area contributed by atoms with Crippen LogP contribution < -0.4 is 11.1 Å². The second-order valence-corrected chi connectivity index (χ2v) is 16.0. The summed E-state index contributed by atoms with van der Waals surface area (Å²) >= 11 is 0. The van der Waals surface area contributed by atoms with Crippen molar-refractivity contribution in [2.75, 3.05) is 19.8 Å². The summed E-state index contributed by atoms with van der Waals surface area (Å²) in [5.74, 6) is -0.218. The SMILES string of the molecule is CCCCC/C=C\C/C=C\CCCCCCCCCC(=O)NC(COP(=O)(O)OCCN)C(O)/C=C/CC/C=C/CC/C=C/CCCCCCCCCC. The molecule has 314 valence electrons. The number of unbranched alkanes of at least 4 members (excludes halogenated alkanes) is 20. The Morgan fingerprint density at radius 1 is 0.611 bits per heavy atom. The van der Waals surface area contributed by atoms with Gasteiger partial charge in [0.2, 0.25) is 5.91 Å². The van der Waals surface area contributed by atoms with Gasteiger partial charge in [-0.15, -0.1) is 0 Å². The Kier molecular flexibility index (Phi) is 39.5. The number of carbonyl (C=O) groups is 1. The largest absolute Gasteiger partial charge is 0.472 e. The molecule has 0 aromatic carbocycles. The quantitative estimate of drug-likeness (QED) is 0.0277. The third kappa shape index (κ3) is 38.5. The molecule has 0 aliphatic rings. The monoisotopic (exact) mass is 779 g/mol. The smallest absolute Gasteiger partial charge is 0.387 e. The number of hydrogen-bond donors (Lipinski definition) is 4. The molecule has 0 aromatic rings. The number of nitrogens with two attached hydrogens (primary N) is 1. The third-order valence-corrected chi connectivity index (χ3v) is 10.3. The lowest BCUT2D eigenvalue weighted by atomic mass is 10.1. The number of hydrogen-bond acceptors (Lipinski definition) is 6. The Morgan fingerprint density at radius 3 is 1.57 bits per heavy atom. The van der Waals surface area contributed by atoms with E-state index in [2.05, 4.69) is 67.8 Å². The highest BCUT2D eigenvalue weighted by Crippen LogP contribution is 2.43. The molecule has 0 aliphatic carbocycles. The van der Waals surface area contributed by atoms with Crippen LogP contribution in [-0.2, 0) is 18.4 Å². The third-order valence-electron chi connectivity index (χ3n) is 9.29. The van der Waals surface area contributed by atoms with Crippen molar-refractivity contribution in [1.29, 1.82) is 0 Å². The first-order valence-corrected chi connectivity index (χ1v) is 23.4. The maximum absolute atomic E-state index is 12.8. The Balaban J connectivity index is 4.32. The second-order valence-electron chi connectivity index (χ2n) is 14.5. The lowest BCUT2D eigenvalue weighted by Crippen LogP contribution is -2.45. The fourth-order valence-electron chi connectivity index (χ4n) is 5.96. The van der Waals surface area contributed by atoms with Crippen LogP contribution >= 0.6 is 7.82 Å². The van der Waals surface area contributed by atoms with E-state index in [0.29, 0.717) is 6.42 Å². The van der Waals surface area contributed by atoms with Gasteiger partial charge in [0.25, 0.3) is 0 Å². The molecule has 8 nitrogen and oxygen atoms in total. The molecule has 54 heavy (non-hydrogen) atoms. The molecule has 0 fully saturated rings. The molecule has 0 saturated heterocycles. The maximum atomic E-state index is 12.8. The minimum absolute atomic E-state index is 0.0681. The number of phosphoric acid groups is 1. The van der Waals surface area contributed by atoms with E-state index < -0.39 is 20.0 Å². The number of aliphatic hydroxyl groups is 1. The normalized spacial score (nSPS) is 14.7. The molecule has 0 spiro atoms. The Labute approximate surface area is 332 Å². The molecule has 5 N–H and O–H groups in total. The fraction of sp³-hybridized carbons (Fsp3) is 0.756. The summed E-state index contributed by atoms with van der Waals surface area (Å²) in [6, 6.07) is -0.889. The van der Waals surface area contributed by atoms with Gasteiger partial charge in [-0.05, 0) is 77.0 Å². The van der Waals surface area contributed by atoms with Crippen molar-refractivity contribution in [3.05, 3.63) is 60.8 Å². The zero-order chi connectivity index (χ0) is 39.6. The van der Waals surface area contributed by atoms with Crippen LogP contribution in [0.3, 0.4) is 0 Å². The minimum Gasteiger partial charge on any atom is -0.387 e. The van der Waals surface area contributed by atoms with E-state index in [0.717, 1.165) is 64.2 Å². The van der Waals surface area contributed by atoms with Crippen LogP contribution in [0.15, 0.2) is 60.8 Å². The fourth-order valence-corrected chi connectivity index (χ4v) is 6.72. The number of aliphatic hydroxyl groups excluding tert-OH is 1. The molecule has 0 aliphatic heterocycles. The van der Waals surface area contributed by atoms with Crippen molar-refractivity contribution in [3.63, 3.8) is 0 Å². The van der Waals surface area contributed by atoms with Crippen LogP contribution in [0.2, 0.25) is 0 Å². The number of carbonyl (C=O) groups excluding carboxylic acids is 1. The van der Waals surface area contributed by atoms with E-state index in [-0.39, 0.29) is 25.7 Å². The Bertz CT molecular complexity index is 1030. The number of amides is 1. The molecule has 3 atom stereocenters. The van der Waals surface area contributed by atoms with Gasteiger partial charge in [0.05, 0.1) is 25.4 Å². The molecular weight excluding hydrogens is 695 g/mol. The van der Waals surface area contributed by atoms with E-state index in [9.17, 15) is 19.4 Å². The van der Waals surface area contributed by atoms with Crippen molar-refractivity contribution in [3.8, 4) is 0 Å². The molecule has 0 rings (SSSR count). The summed E-state index contributed by atoms with van der Waals surface area (Å²) in [5, 5.41) is 13.6. The molecule has 0 heterocycles. The highest BCUT2D eigenvalue weighted by atomic mass is 31.2. The topological polar surface area (TPSA) is 131 Å². The van der Waals surface area contributed by atoms with E-state index in [1.54, 1.807) is 6.08 Å². The Morgan fingerprint density at radius 2 is 1.04 bits per heavy atom. The molecule has 0 aromatic heterocycles. The first-order valence-electron chi connectivity index (χ1n) is 21.9. The zero-order valence-electron chi connectivity index (χ0n) is 34.7. The predicted molar refractivity (Wildman–Crippen MR) is 230 cm³/mol. The van der Waals surface area contributed by atoms with Gasteiger partial charge in [-0.3, -0.25) is 13.8 Å². The lowest BCUT2D eigenvalue weighted by molar-refractivity contribution is -0.123. The average Bonchev–Trinajstić information content (AvgIpc) is 3.16. The summed E-state index contributed by atoms with van der Waals surface area (Å²) < 4.78 is 22.1. The standard InChI is InChI=1S/C45H83N2O6P/c1-3-5-7-9-11-13-15-17-19-21-23-24-26-28-30-32-34-36-38-44(48)43(42-53-54(50,51)52-41-40-46)47-45(49)39-37-35-33-31-29-27-25-22-20-18-16-14-12-10-8-6-4-2/h12,14,18,20-21,23,28,30,36,38,43-44,48H,3-11,13,15-17,19,22,24-27,29,31-35,37,39-42,46H2,1-2H3,(H,47,49)(H,50,51)/b14-12-,20-18-,23-21+,30-28+,38-36+. The first kappa shape index (κ1) is 52.2. The van der Waals surface area contributed by atoms with Crippen LogP contribution in [0.5, 0.6) is 0 Å². The van der Waals surface area contributed by atoms with Crippen molar-refractivity contribution in [2.24, 2.45) is 5.73 Å². The van der Waals surface area contributed by atoms with Gasteiger partial charge in [0.15, 0.2) is 0 Å². The highest BCUT2D eigenvalue weighted by molar-refractivity contribution is 7.47. The van der Waals surface area contributed by atoms with Gasteiger partial charge in [-0.2, -0.15) is 0 Å². The molecule has 0 radical (unpaired) electrons. The van der Waals surface area contributed by atoms with Gasteiger partial charge in [0, 0.05) is 13.0 Å². The first-order chi connectivity index (χ1) is 26.4. The number of nitrogens with one attached hydrogen (secondary N) is 1. The van der Waals surface area contributed by atoms with Crippen LogP contribution in [0.4, 0.5) is 0 Å². The van der Waals surface area contributed by atoms with Gasteiger partial charge < -0.3 is 21.1 Å². The molecule has 3 unspecified atom stereocenters. The highest BCUT2D eigenvalue weighted by Gasteiger charge is 2.26. The summed E-state index contributed by atoms with van der Waals surface area (Å²) in [6.07, 6.45) is 51.2. The second kappa shape index (κ2) is 40.9. The van der Waals surface area contributed by atoms with Crippen molar-refractivity contribution in [2.45, 2.75) is 199 Å². The van der Waals surface area contributed by atoms with Crippen LogP contribution in [0.1, 0.15) is 187 Å². The number of phosphoric ester groups is 1. The van der Waals surface area contributed by atoms with E-state index in [1.807, 2.05) is 6.08 Å². The van der Waals surface area contributed by atoms with Gasteiger partial charge in [-0.25, -0.2) is 4.57 Å². The van der Waals surface area contributed by atoms with Gasteiger partial charge in [0.1, 0.15) is 0 Å². The summed E-state index contributed by atoms with van der Waals surface area (Å²) in [5.41, 5.74) is 5.37. The Hall–Kier alpha value is -1.80. The van der Waals surface area contributed by atoms with Gasteiger partial charge in [-0.1, -0.05) is 164 Å². The molecule has 9 heteroatoms. The van der Waals surface area contributed by atoms with Gasteiger partial charge >= 0.3 is 7.82 Å². The molecule has 0 saturated carbocycles. The van der Waals surface area contributed by atoms with Crippen molar-refractivity contribution >= 4 is 13.7 Å². The zero-order valence-corrected chi connectivity index (χ0v) is 35.6. The van der Waals surface area contributed by atoms with Crippen LogP contribution in [-0.4, -0.2) is 47.8 Å². The maximum Gasteiger partial charge on any atom is 0.472 e. The van der Waals surface area contributed by atoms with E-state index in [1.165, 1.54) is 103 Å². The minimum atomic E-state index is -4.35. The number of allylic oxidation sites excluding steroid dienone is 9. The average molecular weight is 779 g/mol. The molecule has 0 bridgehead atoms. The van der Waals surface area contributed by atoms with Crippen LogP contribution in [0.25, 0.3) is 0 Å². The summed E-state index contributed by atoms with van der Waals surface area (Å²) in [4.78, 5) is 22.7. The van der Waals surface area contributed by atoms with Crippen LogP contribution in [0, 0.1) is 0 Å². The predicted octanol–water partition coefficient (Wildman–Crippen LogP) is 12.3. The number of rotatable bonds is 40. The summed E-state index contributed by atoms with van der Waals surface area (Å²) in [7, 11) is -4.35. The molecule has 1 amide bonds. The summed E-state index contributed by atoms with van der Waals surface area (Å²) in [6.45, 7) is 4.06. The van der Waals surface area contributed by atoms with Crippen molar-refractivity contribution in [1.82, 2.24) is 5.32 Å². The molecular formula is C45H83N2O6P. The van der Waals surface area contributed by atoms with E-state index in [4.69, 9.17) is 14.8 Å². The van der Waals surface area contributed by atoms with E-state index >= 15 is 0 Å². The lowest BCUT2D eigenvalue weighted by Gasteiger charge is -2.23. The van der Waals surface area contributed by atoms with Crippen molar-refractivity contribution < 1.29 is 28.4 Å².